The minimum absolute atomic E-state index is 0.246. The van der Waals surface area contributed by atoms with Crippen molar-refractivity contribution in [1.29, 1.82) is 0 Å². The Morgan fingerprint density at radius 3 is 2.10 bits per heavy atom. The number of ether oxygens (including phenoxy) is 1. The molecule has 0 amide bonds. The van der Waals surface area contributed by atoms with Gasteiger partial charge in [-0.3, -0.25) is 0 Å². The molecule has 1 aliphatic carbocycles. The second kappa shape index (κ2) is 10.0. The van der Waals surface area contributed by atoms with Gasteiger partial charge in [0.1, 0.15) is 0 Å². The lowest BCUT2D eigenvalue weighted by molar-refractivity contribution is -0.139. The predicted octanol–water partition coefficient (Wildman–Crippen LogP) is 5.27. The van der Waals surface area contributed by atoms with Crippen LogP contribution in [0.3, 0.4) is 0 Å². The van der Waals surface area contributed by atoms with Gasteiger partial charge in [-0.05, 0) is 31.6 Å². The summed E-state index contributed by atoms with van der Waals surface area (Å²) in [6.45, 7) is 8.12. The maximum absolute atomic E-state index is 11.2. The van der Waals surface area contributed by atoms with Crippen molar-refractivity contribution in [3.8, 4) is 0 Å². The highest BCUT2D eigenvalue weighted by molar-refractivity contribution is 5.86. The minimum atomic E-state index is -0.246. The molecule has 0 bridgehead atoms. The summed E-state index contributed by atoms with van der Waals surface area (Å²) in [6.07, 6.45) is 13.4. The standard InChI is InChI=1S/C18H32O2/c1-4-5-6-8-16-10-12-17(13-11-16)9-7-14-20-18(19)15(2)3/h16-17H,2,4-14H2,1,3H3. The van der Waals surface area contributed by atoms with Crippen molar-refractivity contribution < 1.29 is 9.53 Å². The van der Waals surface area contributed by atoms with Crippen LogP contribution in [0.25, 0.3) is 0 Å². The number of carbonyl (C=O) groups is 1. The van der Waals surface area contributed by atoms with Crippen LogP contribution in [-0.2, 0) is 9.53 Å². The Morgan fingerprint density at radius 1 is 1.05 bits per heavy atom. The monoisotopic (exact) mass is 280 g/mol. The summed E-state index contributed by atoms with van der Waals surface area (Å²) < 4.78 is 5.14. The molecular formula is C18H32O2. The van der Waals surface area contributed by atoms with Gasteiger partial charge in [-0.2, -0.15) is 0 Å². The van der Waals surface area contributed by atoms with Gasteiger partial charge in [0, 0.05) is 5.57 Å². The molecule has 2 nitrogen and oxygen atoms in total. The number of carbonyl (C=O) groups excluding carboxylic acids is 1. The minimum Gasteiger partial charge on any atom is -0.462 e. The Labute approximate surface area is 125 Å². The maximum Gasteiger partial charge on any atom is 0.333 e. The van der Waals surface area contributed by atoms with Crippen LogP contribution in [0.15, 0.2) is 12.2 Å². The molecular weight excluding hydrogens is 248 g/mol. The van der Waals surface area contributed by atoms with Gasteiger partial charge < -0.3 is 4.74 Å². The molecule has 0 unspecified atom stereocenters. The van der Waals surface area contributed by atoms with Crippen molar-refractivity contribution in [1.82, 2.24) is 0 Å². The van der Waals surface area contributed by atoms with Crippen molar-refractivity contribution in [3.05, 3.63) is 12.2 Å². The Hall–Kier alpha value is -0.790. The second-order valence-corrected chi connectivity index (χ2v) is 6.44. The number of hydrogen-bond acceptors (Lipinski definition) is 2. The lowest BCUT2D eigenvalue weighted by atomic mass is 9.78. The van der Waals surface area contributed by atoms with Crippen LogP contribution in [0.4, 0.5) is 0 Å². The van der Waals surface area contributed by atoms with Gasteiger partial charge in [-0.1, -0.05) is 64.9 Å². The van der Waals surface area contributed by atoms with Gasteiger partial charge in [0.15, 0.2) is 0 Å². The average Bonchev–Trinajstić information content (AvgIpc) is 2.45. The van der Waals surface area contributed by atoms with Crippen molar-refractivity contribution >= 4 is 5.97 Å². The van der Waals surface area contributed by atoms with E-state index < -0.39 is 0 Å². The van der Waals surface area contributed by atoms with Gasteiger partial charge in [-0.25, -0.2) is 4.79 Å². The fourth-order valence-electron chi connectivity index (χ4n) is 3.15. The Balaban J connectivity index is 2.02. The van der Waals surface area contributed by atoms with Crippen molar-refractivity contribution in [2.45, 2.75) is 78.1 Å². The zero-order valence-corrected chi connectivity index (χ0v) is 13.5. The molecule has 0 radical (unpaired) electrons. The zero-order chi connectivity index (χ0) is 14.8. The van der Waals surface area contributed by atoms with Gasteiger partial charge in [0.2, 0.25) is 0 Å². The normalized spacial score (nSPS) is 22.5. The summed E-state index contributed by atoms with van der Waals surface area (Å²) >= 11 is 0. The first-order valence-corrected chi connectivity index (χ1v) is 8.46. The predicted molar refractivity (Wildman–Crippen MR) is 84.6 cm³/mol. The number of esters is 1. The van der Waals surface area contributed by atoms with E-state index in [2.05, 4.69) is 13.5 Å². The largest absolute Gasteiger partial charge is 0.462 e. The van der Waals surface area contributed by atoms with Crippen LogP contribution in [0.5, 0.6) is 0 Å². The molecule has 1 rings (SSSR count). The van der Waals surface area contributed by atoms with E-state index in [-0.39, 0.29) is 5.97 Å². The Kier molecular flexibility index (Phi) is 8.64. The molecule has 1 fully saturated rings. The molecule has 0 heterocycles. The van der Waals surface area contributed by atoms with Crippen LogP contribution >= 0.6 is 0 Å². The highest BCUT2D eigenvalue weighted by atomic mass is 16.5. The molecule has 0 saturated heterocycles. The Bertz CT molecular complexity index is 288. The highest BCUT2D eigenvalue weighted by Crippen LogP contribution is 2.34. The molecule has 0 aromatic rings. The van der Waals surface area contributed by atoms with E-state index in [4.69, 9.17) is 4.74 Å². The molecule has 1 aliphatic rings. The summed E-state index contributed by atoms with van der Waals surface area (Å²) in [6, 6.07) is 0. The summed E-state index contributed by atoms with van der Waals surface area (Å²) in [5.41, 5.74) is 0.498. The second-order valence-electron chi connectivity index (χ2n) is 6.44. The van der Waals surface area contributed by atoms with Crippen molar-refractivity contribution in [2.24, 2.45) is 11.8 Å². The third-order valence-electron chi connectivity index (χ3n) is 4.52. The first-order chi connectivity index (χ1) is 9.63. The summed E-state index contributed by atoms with van der Waals surface area (Å²) in [7, 11) is 0. The topological polar surface area (TPSA) is 26.3 Å². The first kappa shape index (κ1) is 17.3. The van der Waals surface area contributed by atoms with Crippen molar-refractivity contribution in [3.63, 3.8) is 0 Å². The fourth-order valence-corrected chi connectivity index (χ4v) is 3.15. The lowest BCUT2D eigenvalue weighted by Gasteiger charge is -2.28. The van der Waals surface area contributed by atoms with Crippen LogP contribution < -0.4 is 0 Å². The molecule has 2 heteroatoms. The average molecular weight is 280 g/mol. The SMILES string of the molecule is C=C(C)C(=O)OCCCC1CCC(CCCCC)CC1. The van der Waals surface area contributed by atoms with Crippen LogP contribution in [0.2, 0.25) is 0 Å². The zero-order valence-electron chi connectivity index (χ0n) is 13.5. The summed E-state index contributed by atoms with van der Waals surface area (Å²) in [5, 5.41) is 0. The van der Waals surface area contributed by atoms with Gasteiger partial charge >= 0.3 is 5.97 Å². The molecule has 0 atom stereocenters. The third kappa shape index (κ3) is 7.12. The van der Waals surface area contributed by atoms with Crippen LogP contribution in [0, 0.1) is 11.8 Å². The fraction of sp³-hybridized carbons (Fsp3) is 0.833. The molecule has 0 aromatic carbocycles. The smallest absolute Gasteiger partial charge is 0.333 e. The van der Waals surface area contributed by atoms with E-state index in [9.17, 15) is 4.79 Å². The van der Waals surface area contributed by atoms with E-state index >= 15 is 0 Å². The van der Waals surface area contributed by atoms with Gasteiger partial charge in [0.25, 0.3) is 0 Å². The lowest BCUT2D eigenvalue weighted by Crippen LogP contribution is -2.15. The maximum atomic E-state index is 11.2. The Morgan fingerprint density at radius 2 is 1.60 bits per heavy atom. The number of rotatable bonds is 9. The van der Waals surface area contributed by atoms with Gasteiger partial charge in [-0.15, -0.1) is 0 Å². The molecule has 1 saturated carbocycles. The van der Waals surface area contributed by atoms with E-state index in [1.54, 1.807) is 6.92 Å². The van der Waals surface area contributed by atoms with Crippen LogP contribution in [0.1, 0.15) is 78.1 Å². The molecule has 0 spiro atoms. The molecule has 116 valence electrons. The molecule has 0 aliphatic heterocycles. The molecule has 20 heavy (non-hydrogen) atoms. The molecule has 0 N–H and O–H groups in total. The van der Waals surface area contributed by atoms with E-state index in [1.807, 2.05) is 0 Å². The van der Waals surface area contributed by atoms with E-state index in [0.717, 1.165) is 18.3 Å². The number of unbranched alkanes of at least 4 members (excludes halogenated alkanes) is 2. The van der Waals surface area contributed by atoms with Crippen molar-refractivity contribution in [2.75, 3.05) is 6.61 Å². The quantitative estimate of drug-likeness (QED) is 0.326. The highest BCUT2D eigenvalue weighted by Gasteiger charge is 2.20. The first-order valence-electron chi connectivity index (χ1n) is 8.46. The summed E-state index contributed by atoms with van der Waals surface area (Å²) in [4.78, 5) is 11.2. The van der Waals surface area contributed by atoms with Crippen LogP contribution in [-0.4, -0.2) is 12.6 Å². The molecule has 0 aromatic heterocycles. The third-order valence-corrected chi connectivity index (χ3v) is 4.52. The van der Waals surface area contributed by atoms with E-state index in [1.165, 1.54) is 57.8 Å². The summed E-state index contributed by atoms with van der Waals surface area (Å²) in [5.74, 6) is 1.60. The van der Waals surface area contributed by atoms with Gasteiger partial charge in [0.05, 0.1) is 6.61 Å². The van der Waals surface area contributed by atoms with E-state index in [0.29, 0.717) is 12.2 Å². The number of hydrogen-bond donors (Lipinski definition) is 0.